The molecule has 1 unspecified atom stereocenters. The van der Waals surface area contributed by atoms with E-state index in [0.717, 1.165) is 23.1 Å². The van der Waals surface area contributed by atoms with Crippen LogP contribution in [-0.4, -0.2) is 20.3 Å². The van der Waals surface area contributed by atoms with Gasteiger partial charge in [0.05, 0.1) is 19.3 Å². The third-order valence-corrected chi connectivity index (χ3v) is 3.67. The van der Waals surface area contributed by atoms with Crippen LogP contribution in [0.25, 0.3) is 0 Å². The molecule has 2 heteroatoms. The predicted octanol–water partition coefficient (Wildman–Crippen LogP) is 3.35. The summed E-state index contributed by atoms with van der Waals surface area (Å²) in [6, 6.07) is 16.5. The van der Waals surface area contributed by atoms with Crippen LogP contribution in [0.15, 0.2) is 48.5 Å². The number of hydrogen-bond acceptors (Lipinski definition) is 2. The van der Waals surface area contributed by atoms with Crippen LogP contribution in [0.2, 0.25) is 0 Å². The fourth-order valence-electron chi connectivity index (χ4n) is 2.58. The summed E-state index contributed by atoms with van der Waals surface area (Å²) < 4.78 is 11.1. The molecular formula is C19H18O2. The van der Waals surface area contributed by atoms with Gasteiger partial charge in [0.2, 0.25) is 0 Å². The van der Waals surface area contributed by atoms with E-state index < -0.39 is 0 Å². The molecule has 1 aliphatic carbocycles. The standard InChI is InChI=1S/C19H18O2/c1-20-12-13-21-19-14-17-8-3-2-6-15(17)10-11-16-7-4-5-9-18(16)19/h2-9,19H,12-14H2,1H3. The van der Waals surface area contributed by atoms with Crippen LogP contribution in [0.5, 0.6) is 0 Å². The van der Waals surface area contributed by atoms with Gasteiger partial charge in [0.1, 0.15) is 0 Å². The van der Waals surface area contributed by atoms with E-state index in [4.69, 9.17) is 9.47 Å². The van der Waals surface area contributed by atoms with E-state index in [0.29, 0.717) is 13.2 Å². The fourth-order valence-corrected chi connectivity index (χ4v) is 2.58. The molecule has 0 amide bonds. The number of hydrogen-bond donors (Lipinski definition) is 0. The van der Waals surface area contributed by atoms with Crippen molar-refractivity contribution >= 4 is 0 Å². The largest absolute Gasteiger partial charge is 0.382 e. The quantitative estimate of drug-likeness (QED) is 0.631. The smallest absolute Gasteiger partial charge is 0.0878 e. The number of benzene rings is 2. The summed E-state index contributed by atoms with van der Waals surface area (Å²) in [6.07, 6.45) is 0.859. The van der Waals surface area contributed by atoms with E-state index in [2.05, 4.69) is 42.2 Å². The Morgan fingerprint density at radius 1 is 0.952 bits per heavy atom. The van der Waals surface area contributed by atoms with Crippen LogP contribution in [0.3, 0.4) is 0 Å². The van der Waals surface area contributed by atoms with E-state index in [1.165, 1.54) is 5.56 Å². The molecule has 2 aromatic rings. The second kappa shape index (κ2) is 6.58. The molecule has 1 atom stereocenters. The maximum absolute atomic E-state index is 6.05. The number of methoxy groups -OCH3 is 1. The van der Waals surface area contributed by atoms with E-state index >= 15 is 0 Å². The molecule has 0 bridgehead atoms. The van der Waals surface area contributed by atoms with E-state index in [1.807, 2.05) is 18.2 Å². The van der Waals surface area contributed by atoms with E-state index in [1.54, 1.807) is 7.11 Å². The molecule has 2 aromatic carbocycles. The van der Waals surface area contributed by atoms with Gasteiger partial charge in [-0.1, -0.05) is 48.2 Å². The summed E-state index contributed by atoms with van der Waals surface area (Å²) in [6.45, 7) is 1.19. The molecule has 0 spiro atoms. The van der Waals surface area contributed by atoms with Crippen LogP contribution in [0, 0.1) is 11.8 Å². The van der Waals surface area contributed by atoms with Crippen molar-refractivity contribution in [2.24, 2.45) is 0 Å². The second-order valence-corrected chi connectivity index (χ2v) is 5.05. The van der Waals surface area contributed by atoms with E-state index in [-0.39, 0.29) is 6.10 Å². The lowest BCUT2D eigenvalue weighted by atomic mass is 9.92. The molecule has 1 aliphatic rings. The zero-order valence-corrected chi connectivity index (χ0v) is 12.1. The third kappa shape index (κ3) is 3.16. The first-order valence-electron chi connectivity index (χ1n) is 7.18. The van der Waals surface area contributed by atoms with Crippen molar-refractivity contribution in [1.82, 2.24) is 0 Å². The normalized spacial score (nSPS) is 16.0. The molecule has 0 heterocycles. The van der Waals surface area contributed by atoms with Crippen LogP contribution in [-0.2, 0) is 15.9 Å². The Bertz CT molecular complexity index is 679. The lowest BCUT2D eigenvalue weighted by molar-refractivity contribution is 0.0163. The minimum atomic E-state index is 0.0205. The maximum Gasteiger partial charge on any atom is 0.0878 e. The summed E-state index contributed by atoms with van der Waals surface area (Å²) in [5.74, 6) is 6.56. The Labute approximate surface area is 125 Å². The van der Waals surface area contributed by atoms with Crippen molar-refractivity contribution in [2.75, 3.05) is 20.3 Å². The zero-order valence-electron chi connectivity index (χ0n) is 12.1. The van der Waals surface area contributed by atoms with Gasteiger partial charge < -0.3 is 9.47 Å². The number of ether oxygens (including phenoxy) is 2. The Morgan fingerprint density at radius 3 is 2.52 bits per heavy atom. The average molecular weight is 278 g/mol. The maximum atomic E-state index is 6.05. The van der Waals surface area contributed by atoms with Gasteiger partial charge in [0.15, 0.2) is 0 Å². The first-order chi connectivity index (χ1) is 10.4. The highest BCUT2D eigenvalue weighted by Gasteiger charge is 2.18. The van der Waals surface area contributed by atoms with Crippen molar-refractivity contribution in [3.8, 4) is 11.8 Å². The summed E-state index contributed by atoms with van der Waals surface area (Å²) >= 11 is 0. The Hall–Kier alpha value is -2.08. The minimum Gasteiger partial charge on any atom is -0.382 e. The predicted molar refractivity (Wildman–Crippen MR) is 83.1 cm³/mol. The molecule has 0 saturated carbocycles. The molecule has 0 aromatic heterocycles. The SMILES string of the molecule is COCCOC1Cc2ccccc2C#Cc2ccccc21. The molecule has 0 N–H and O–H groups in total. The van der Waals surface area contributed by atoms with Gasteiger partial charge in [-0.2, -0.15) is 0 Å². The van der Waals surface area contributed by atoms with Crippen molar-refractivity contribution < 1.29 is 9.47 Å². The van der Waals surface area contributed by atoms with Crippen molar-refractivity contribution in [2.45, 2.75) is 12.5 Å². The Balaban J connectivity index is 1.99. The third-order valence-electron chi connectivity index (χ3n) is 3.67. The number of rotatable bonds is 4. The van der Waals surface area contributed by atoms with Gasteiger partial charge in [0, 0.05) is 24.7 Å². The average Bonchev–Trinajstić information content (AvgIpc) is 2.51. The molecule has 0 radical (unpaired) electrons. The zero-order chi connectivity index (χ0) is 14.5. The van der Waals surface area contributed by atoms with Gasteiger partial charge in [-0.3, -0.25) is 0 Å². The first-order valence-corrected chi connectivity index (χ1v) is 7.18. The highest BCUT2D eigenvalue weighted by molar-refractivity contribution is 5.52. The van der Waals surface area contributed by atoms with Crippen LogP contribution < -0.4 is 0 Å². The molecule has 2 nitrogen and oxygen atoms in total. The topological polar surface area (TPSA) is 18.5 Å². The fraction of sp³-hybridized carbons (Fsp3) is 0.263. The molecular weight excluding hydrogens is 260 g/mol. The lowest BCUT2D eigenvalue weighted by Gasteiger charge is -2.21. The van der Waals surface area contributed by atoms with Crippen LogP contribution >= 0.6 is 0 Å². The Kier molecular flexibility index (Phi) is 4.35. The molecule has 3 rings (SSSR count). The van der Waals surface area contributed by atoms with Crippen molar-refractivity contribution in [1.29, 1.82) is 0 Å². The lowest BCUT2D eigenvalue weighted by Crippen LogP contribution is -2.14. The molecule has 106 valence electrons. The summed E-state index contributed by atoms with van der Waals surface area (Å²) in [5.41, 5.74) is 4.54. The number of fused-ring (bicyclic) bond motifs is 2. The molecule has 0 saturated heterocycles. The highest BCUT2D eigenvalue weighted by Crippen LogP contribution is 2.28. The Morgan fingerprint density at radius 2 is 1.67 bits per heavy atom. The van der Waals surface area contributed by atoms with Gasteiger partial charge in [-0.25, -0.2) is 0 Å². The van der Waals surface area contributed by atoms with Crippen molar-refractivity contribution in [3.05, 3.63) is 70.8 Å². The second-order valence-electron chi connectivity index (χ2n) is 5.05. The van der Waals surface area contributed by atoms with Gasteiger partial charge in [-0.15, -0.1) is 0 Å². The molecule has 0 aliphatic heterocycles. The molecule has 0 fully saturated rings. The monoisotopic (exact) mass is 278 g/mol. The van der Waals surface area contributed by atoms with Gasteiger partial charge in [-0.05, 0) is 23.3 Å². The van der Waals surface area contributed by atoms with Gasteiger partial charge in [0.25, 0.3) is 0 Å². The van der Waals surface area contributed by atoms with E-state index in [9.17, 15) is 0 Å². The first kappa shape index (κ1) is 13.9. The highest BCUT2D eigenvalue weighted by atomic mass is 16.5. The van der Waals surface area contributed by atoms with Crippen LogP contribution in [0.1, 0.15) is 28.4 Å². The summed E-state index contributed by atoms with van der Waals surface area (Å²) in [4.78, 5) is 0. The summed E-state index contributed by atoms with van der Waals surface area (Å²) in [7, 11) is 1.69. The van der Waals surface area contributed by atoms with Gasteiger partial charge >= 0.3 is 0 Å². The van der Waals surface area contributed by atoms with Crippen molar-refractivity contribution in [3.63, 3.8) is 0 Å². The molecule has 21 heavy (non-hydrogen) atoms. The minimum absolute atomic E-state index is 0.0205. The summed E-state index contributed by atoms with van der Waals surface area (Å²) in [5, 5.41) is 0. The van der Waals surface area contributed by atoms with Crippen LogP contribution in [0.4, 0.5) is 0 Å².